The maximum atomic E-state index is 13.6. The first-order valence-corrected chi connectivity index (χ1v) is 6.64. The van der Waals surface area contributed by atoms with E-state index in [1.165, 1.54) is 24.3 Å². The zero-order valence-electron chi connectivity index (χ0n) is 11.5. The number of aldehydes is 1. The van der Waals surface area contributed by atoms with Crippen molar-refractivity contribution in [2.75, 3.05) is 0 Å². The van der Waals surface area contributed by atoms with Crippen LogP contribution in [-0.4, -0.2) is 12.3 Å². The van der Waals surface area contributed by atoms with Gasteiger partial charge < -0.3 is 4.74 Å². The number of rotatable bonds is 3. The van der Waals surface area contributed by atoms with E-state index in [4.69, 9.17) is 4.74 Å². The third-order valence-electron chi connectivity index (χ3n) is 3.34. The van der Waals surface area contributed by atoms with Gasteiger partial charge in [-0.05, 0) is 29.0 Å². The molecule has 0 atom stereocenters. The highest BCUT2D eigenvalue weighted by Crippen LogP contribution is 2.27. The lowest BCUT2D eigenvalue weighted by atomic mass is 10.0. The minimum absolute atomic E-state index is 0.113. The molecule has 0 aromatic heterocycles. The van der Waals surface area contributed by atoms with Crippen molar-refractivity contribution in [3.63, 3.8) is 0 Å². The second-order valence-corrected chi connectivity index (χ2v) is 4.69. The highest BCUT2D eigenvalue weighted by atomic mass is 19.1. The second-order valence-electron chi connectivity index (χ2n) is 4.69. The molecule has 0 N–H and O–H groups in total. The van der Waals surface area contributed by atoms with Crippen LogP contribution in [0.4, 0.5) is 4.39 Å². The van der Waals surface area contributed by atoms with Gasteiger partial charge in [-0.1, -0.05) is 42.5 Å². The van der Waals surface area contributed by atoms with Crippen LogP contribution in [0.15, 0.2) is 60.7 Å². The molecular weight excluding hydrogens is 283 g/mol. The number of halogens is 1. The number of fused-ring (bicyclic) bond motifs is 1. The van der Waals surface area contributed by atoms with E-state index in [-0.39, 0.29) is 16.9 Å². The third-order valence-corrected chi connectivity index (χ3v) is 3.34. The van der Waals surface area contributed by atoms with Gasteiger partial charge in [0.2, 0.25) is 0 Å². The highest BCUT2D eigenvalue weighted by Gasteiger charge is 2.16. The molecule has 0 radical (unpaired) electrons. The molecule has 0 fully saturated rings. The molecule has 0 saturated heterocycles. The first-order valence-electron chi connectivity index (χ1n) is 6.64. The monoisotopic (exact) mass is 294 g/mol. The summed E-state index contributed by atoms with van der Waals surface area (Å²) in [5, 5.41) is 1.53. The number of carbonyl (C=O) groups is 2. The van der Waals surface area contributed by atoms with Crippen molar-refractivity contribution < 1.29 is 18.7 Å². The van der Waals surface area contributed by atoms with Crippen LogP contribution >= 0.6 is 0 Å². The molecule has 22 heavy (non-hydrogen) atoms. The van der Waals surface area contributed by atoms with Crippen LogP contribution < -0.4 is 4.74 Å². The van der Waals surface area contributed by atoms with E-state index in [0.717, 1.165) is 5.39 Å². The summed E-state index contributed by atoms with van der Waals surface area (Å²) in [6.45, 7) is 0. The van der Waals surface area contributed by atoms with Crippen LogP contribution in [0.3, 0.4) is 0 Å². The molecule has 0 aliphatic heterocycles. The average molecular weight is 294 g/mol. The fourth-order valence-corrected chi connectivity index (χ4v) is 2.27. The number of hydrogen-bond acceptors (Lipinski definition) is 3. The lowest BCUT2D eigenvalue weighted by Gasteiger charge is -2.09. The van der Waals surface area contributed by atoms with Crippen molar-refractivity contribution in [3.8, 4) is 5.75 Å². The lowest BCUT2D eigenvalue weighted by molar-refractivity contribution is 0.0729. The Hall–Kier alpha value is -3.01. The van der Waals surface area contributed by atoms with Crippen molar-refractivity contribution in [2.24, 2.45) is 0 Å². The Balaban J connectivity index is 2.02. The third kappa shape index (κ3) is 2.46. The highest BCUT2D eigenvalue weighted by molar-refractivity contribution is 6.02. The van der Waals surface area contributed by atoms with Crippen LogP contribution in [-0.2, 0) is 0 Å². The van der Waals surface area contributed by atoms with Gasteiger partial charge >= 0.3 is 5.97 Å². The van der Waals surface area contributed by atoms with Gasteiger partial charge in [-0.2, -0.15) is 0 Å². The van der Waals surface area contributed by atoms with Crippen molar-refractivity contribution in [1.29, 1.82) is 0 Å². The molecule has 3 nitrogen and oxygen atoms in total. The van der Waals surface area contributed by atoms with Crippen LogP contribution in [0.1, 0.15) is 20.7 Å². The molecule has 108 valence electrons. The van der Waals surface area contributed by atoms with Gasteiger partial charge in [0, 0.05) is 0 Å². The van der Waals surface area contributed by atoms with Crippen LogP contribution in [0, 0.1) is 5.82 Å². The summed E-state index contributed by atoms with van der Waals surface area (Å²) in [5.74, 6) is -1.39. The SMILES string of the molecule is O=Cc1c(OC(=O)c2ccccc2F)ccc2ccccc12. The maximum absolute atomic E-state index is 13.6. The molecule has 0 spiro atoms. The maximum Gasteiger partial charge on any atom is 0.346 e. The Kier molecular flexibility index (Phi) is 3.66. The second kappa shape index (κ2) is 5.77. The summed E-state index contributed by atoms with van der Waals surface area (Å²) < 4.78 is 18.8. The van der Waals surface area contributed by atoms with E-state index in [9.17, 15) is 14.0 Å². The summed E-state index contributed by atoms with van der Waals surface area (Å²) in [6, 6.07) is 16.1. The van der Waals surface area contributed by atoms with Crippen molar-refractivity contribution in [1.82, 2.24) is 0 Å². The van der Waals surface area contributed by atoms with Crippen LogP contribution in [0.5, 0.6) is 5.75 Å². The summed E-state index contributed by atoms with van der Waals surface area (Å²) in [4.78, 5) is 23.4. The van der Waals surface area contributed by atoms with Crippen LogP contribution in [0.2, 0.25) is 0 Å². The quantitative estimate of drug-likeness (QED) is 0.416. The van der Waals surface area contributed by atoms with Gasteiger partial charge in [0.15, 0.2) is 6.29 Å². The number of benzene rings is 3. The molecule has 0 bridgehead atoms. The molecule has 0 aliphatic rings. The summed E-state index contributed by atoms with van der Waals surface area (Å²) in [5.41, 5.74) is 0.0929. The number of hydrogen-bond donors (Lipinski definition) is 0. The average Bonchev–Trinajstić information content (AvgIpc) is 2.55. The molecule has 3 aromatic carbocycles. The molecule has 0 aliphatic carbocycles. The first-order chi connectivity index (χ1) is 10.7. The van der Waals surface area contributed by atoms with Crippen molar-refractivity contribution >= 4 is 23.0 Å². The smallest absolute Gasteiger partial charge is 0.346 e. The van der Waals surface area contributed by atoms with E-state index in [1.807, 2.05) is 12.1 Å². The standard InChI is InChI=1S/C18H11FO3/c19-16-8-4-3-7-14(16)18(21)22-17-10-9-12-5-1-2-6-13(12)15(17)11-20/h1-11H. The van der Waals surface area contributed by atoms with Gasteiger partial charge in [0.05, 0.1) is 11.1 Å². The zero-order valence-corrected chi connectivity index (χ0v) is 11.5. The normalized spacial score (nSPS) is 10.4. The van der Waals surface area contributed by atoms with Crippen LogP contribution in [0.25, 0.3) is 10.8 Å². The van der Waals surface area contributed by atoms with Gasteiger partial charge in [-0.25, -0.2) is 9.18 Å². The molecular formula is C18H11FO3. The Bertz CT molecular complexity index is 871. The number of esters is 1. The number of carbonyl (C=O) groups excluding carboxylic acids is 2. The molecule has 4 heteroatoms. The summed E-state index contributed by atoms with van der Waals surface area (Å²) >= 11 is 0. The first kappa shape index (κ1) is 13.9. The Morgan fingerprint density at radius 2 is 1.68 bits per heavy atom. The largest absolute Gasteiger partial charge is 0.422 e. The lowest BCUT2D eigenvalue weighted by Crippen LogP contribution is -2.11. The predicted octanol–water partition coefficient (Wildman–Crippen LogP) is 4.01. The molecule has 0 saturated carbocycles. The van der Waals surface area contributed by atoms with Crippen molar-refractivity contribution in [2.45, 2.75) is 0 Å². The van der Waals surface area contributed by atoms with Crippen molar-refractivity contribution in [3.05, 3.63) is 77.6 Å². The van der Waals surface area contributed by atoms with E-state index in [1.54, 1.807) is 24.3 Å². The topological polar surface area (TPSA) is 43.4 Å². The molecule has 3 rings (SSSR count). The Morgan fingerprint density at radius 1 is 0.955 bits per heavy atom. The predicted molar refractivity (Wildman–Crippen MR) is 80.7 cm³/mol. The fraction of sp³-hybridized carbons (Fsp3) is 0. The van der Waals surface area contributed by atoms with Gasteiger partial charge in [0.25, 0.3) is 0 Å². The van der Waals surface area contributed by atoms with E-state index in [2.05, 4.69) is 0 Å². The van der Waals surface area contributed by atoms with E-state index < -0.39 is 11.8 Å². The minimum atomic E-state index is -0.837. The van der Waals surface area contributed by atoms with Gasteiger partial charge in [-0.15, -0.1) is 0 Å². The van der Waals surface area contributed by atoms with Gasteiger partial charge in [0.1, 0.15) is 11.6 Å². The fourth-order valence-electron chi connectivity index (χ4n) is 2.27. The molecule has 0 amide bonds. The van der Waals surface area contributed by atoms with E-state index >= 15 is 0 Å². The minimum Gasteiger partial charge on any atom is -0.422 e. The summed E-state index contributed by atoms with van der Waals surface area (Å²) in [6.07, 6.45) is 0.631. The molecule has 0 heterocycles. The summed E-state index contributed by atoms with van der Waals surface area (Å²) in [7, 11) is 0. The Morgan fingerprint density at radius 3 is 2.45 bits per heavy atom. The Labute approximate surface area is 126 Å². The molecule has 3 aromatic rings. The number of ether oxygens (including phenoxy) is 1. The zero-order chi connectivity index (χ0) is 15.5. The molecule has 0 unspecified atom stereocenters. The van der Waals surface area contributed by atoms with E-state index in [0.29, 0.717) is 11.7 Å². The van der Waals surface area contributed by atoms with Gasteiger partial charge in [-0.3, -0.25) is 4.79 Å².